The molecule has 1 aromatic carbocycles. The lowest BCUT2D eigenvalue weighted by molar-refractivity contribution is 0.0988. The Morgan fingerprint density at radius 3 is 2.59 bits per heavy atom. The van der Waals surface area contributed by atoms with Crippen LogP contribution in [0.15, 0.2) is 42.6 Å². The summed E-state index contributed by atoms with van der Waals surface area (Å²) in [6.45, 7) is 1.96. The average molecular weight is 337 g/mol. The van der Waals surface area contributed by atoms with E-state index in [4.69, 9.17) is 0 Å². The van der Waals surface area contributed by atoms with Gasteiger partial charge in [-0.3, -0.25) is 9.78 Å². The minimum atomic E-state index is 0.0647. The molecule has 0 unspecified atom stereocenters. The minimum Gasteiger partial charge on any atom is -0.292 e. The third-order valence-electron chi connectivity index (χ3n) is 2.48. The first-order chi connectivity index (χ1) is 8.15. The molecular weight excluding hydrogens is 325 g/mol. The van der Waals surface area contributed by atoms with Gasteiger partial charge in [0.25, 0.3) is 0 Å². The Bertz CT molecular complexity index is 534. The van der Waals surface area contributed by atoms with Crippen LogP contribution in [0, 0.1) is 10.5 Å². The van der Waals surface area contributed by atoms with Gasteiger partial charge in [-0.2, -0.15) is 0 Å². The first-order valence-corrected chi connectivity index (χ1v) is 6.43. The maximum absolute atomic E-state index is 12.0. The first-order valence-electron chi connectivity index (χ1n) is 5.35. The minimum absolute atomic E-state index is 0.0647. The normalized spacial score (nSPS) is 10.2. The van der Waals surface area contributed by atoms with E-state index in [1.807, 2.05) is 43.3 Å². The molecule has 17 heavy (non-hydrogen) atoms. The van der Waals surface area contributed by atoms with Crippen LogP contribution in [0.25, 0.3) is 0 Å². The Labute approximate surface area is 114 Å². The number of ketones is 1. The molecule has 0 saturated carbocycles. The Kier molecular flexibility index (Phi) is 3.89. The second-order valence-electron chi connectivity index (χ2n) is 3.94. The molecule has 2 rings (SSSR count). The molecule has 0 atom stereocenters. The zero-order chi connectivity index (χ0) is 12.3. The molecule has 0 bridgehead atoms. The standard InChI is InChI=1S/C14H12INO/c1-10-6-7-16-13(8-10)14(17)9-11-2-4-12(15)5-3-11/h2-8H,9H2,1H3. The van der Waals surface area contributed by atoms with Crippen molar-refractivity contribution >= 4 is 28.4 Å². The van der Waals surface area contributed by atoms with E-state index < -0.39 is 0 Å². The summed E-state index contributed by atoms with van der Waals surface area (Å²) in [5.41, 5.74) is 2.63. The van der Waals surface area contributed by atoms with E-state index >= 15 is 0 Å². The average Bonchev–Trinajstić information content (AvgIpc) is 2.32. The predicted octanol–water partition coefficient (Wildman–Crippen LogP) is 3.42. The van der Waals surface area contributed by atoms with Crippen molar-refractivity contribution in [3.8, 4) is 0 Å². The molecule has 3 heteroatoms. The predicted molar refractivity (Wildman–Crippen MR) is 76.2 cm³/mol. The maximum Gasteiger partial charge on any atom is 0.185 e. The molecule has 1 aromatic heterocycles. The van der Waals surface area contributed by atoms with Crippen LogP contribution in [0.4, 0.5) is 0 Å². The van der Waals surface area contributed by atoms with Crippen LogP contribution in [0.1, 0.15) is 21.6 Å². The van der Waals surface area contributed by atoms with E-state index in [1.54, 1.807) is 6.20 Å². The highest BCUT2D eigenvalue weighted by Gasteiger charge is 2.08. The molecule has 0 saturated heterocycles. The van der Waals surface area contributed by atoms with Gasteiger partial charge < -0.3 is 0 Å². The lowest BCUT2D eigenvalue weighted by Gasteiger charge is -2.02. The van der Waals surface area contributed by atoms with Gasteiger partial charge in [-0.1, -0.05) is 12.1 Å². The summed E-state index contributed by atoms with van der Waals surface area (Å²) in [6, 6.07) is 11.7. The van der Waals surface area contributed by atoms with E-state index in [-0.39, 0.29) is 5.78 Å². The van der Waals surface area contributed by atoms with Gasteiger partial charge in [0.1, 0.15) is 5.69 Å². The molecular formula is C14H12INO. The zero-order valence-corrected chi connectivity index (χ0v) is 11.6. The molecule has 0 aliphatic carbocycles. The number of pyridine rings is 1. The third kappa shape index (κ3) is 3.36. The summed E-state index contributed by atoms with van der Waals surface area (Å²) in [6.07, 6.45) is 2.09. The number of carbonyl (C=O) groups is 1. The fraction of sp³-hybridized carbons (Fsp3) is 0.143. The Hall–Kier alpha value is -1.23. The van der Waals surface area contributed by atoms with Crippen molar-refractivity contribution in [1.29, 1.82) is 0 Å². The highest BCUT2D eigenvalue weighted by Crippen LogP contribution is 2.10. The number of hydrogen-bond acceptors (Lipinski definition) is 2. The molecule has 2 aromatic rings. The first kappa shape index (κ1) is 12.2. The van der Waals surface area contributed by atoms with Crippen LogP contribution in [-0.2, 0) is 6.42 Å². The van der Waals surface area contributed by atoms with Crippen molar-refractivity contribution in [2.75, 3.05) is 0 Å². The van der Waals surface area contributed by atoms with Gasteiger partial charge in [-0.05, 0) is 64.9 Å². The summed E-state index contributed by atoms with van der Waals surface area (Å²) < 4.78 is 1.17. The SMILES string of the molecule is Cc1ccnc(C(=O)Cc2ccc(I)cc2)c1. The number of Topliss-reactive ketones (excluding diaryl/α,β-unsaturated/α-hetero) is 1. The van der Waals surface area contributed by atoms with Gasteiger partial charge in [0, 0.05) is 16.2 Å². The van der Waals surface area contributed by atoms with Crippen LogP contribution in [0.2, 0.25) is 0 Å². The number of hydrogen-bond donors (Lipinski definition) is 0. The number of benzene rings is 1. The van der Waals surface area contributed by atoms with Crippen molar-refractivity contribution in [3.63, 3.8) is 0 Å². The molecule has 0 N–H and O–H groups in total. The number of rotatable bonds is 3. The monoisotopic (exact) mass is 337 g/mol. The Balaban J connectivity index is 2.14. The number of aromatic nitrogens is 1. The topological polar surface area (TPSA) is 30.0 Å². The van der Waals surface area contributed by atoms with Gasteiger partial charge in [-0.25, -0.2) is 0 Å². The number of carbonyl (C=O) groups excluding carboxylic acids is 1. The van der Waals surface area contributed by atoms with Crippen molar-refractivity contribution < 1.29 is 4.79 Å². The van der Waals surface area contributed by atoms with Crippen molar-refractivity contribution in [2.24, 2.45) is 0 Å². The summed E-state index contributed by atoms with van der Waals surface area (Å²) in [5.74, 6) is 0.0647. The summed E-state index contributed by atoms with van der Waals surface area (Å²) >= 11 is 2.25. The van der Waals surface area contributed by atoms with Crippen LogP contribution in [0.3, 0.4) is 0 Å². The highest BCUT2D eigenvalue weighted by atomic mass is 127. The quantitative estimate of drug-likeness (QED) is 0.635. The van der Waals surface area contributed by atoms with Crippen molar-refractivity contribution in [3.05, 3.63) is 63.0 Å². The number of nitrogens with zero attached hydrogens (tertiary/aromatic N) is 1. The lowest BCUT2D eigenvalue weighted by Crippen LogP contribution is -2.06. The van der Waals surface area contributed by atoms with Crippen LogP contribution >= 0.6 is 22.6 Å². The van der Waals surface area contributed by atoms with Gasteiger partial charge in [-0.15, -0.1) is 0 Å². The number of aryl methyl sites for hydroxylation is 1. The fourth-order valence-electron chi connectivity index (χ4n) is 1.57. The molecule has 0 radical (unpaired) electrons. The Morgan fingerprint density at radius 1 is 1.24 bits per heavy atom. The van der Waals surface area contributed by atoms with Crippen LogP contribution in [-0.4, -0.2) is 10.8 Å². The largest absolute Gasteiger partial charge is 0.292 e. The van der Waals surface area contributed by atoms with E-state index in [0.29, 0.717) is 12.1 Å². The van der Waals surface area contributed by atoms with Crippen LogP contribution in [0.5, 0.6) is 0 Å². The molecule has 0 aliphatic heterocycles. The lowest BCUT2D eigenvalue weighted by atomic mass is 10.1. The van der Waals surface area contributed by atoms with E-state index in [9.17, 15) is 4.79 Å². The van der Waals surface area contributed by atoms with E-state index in [2.05, 4.69) is 27.6 Å². The third-order valence-corrected chi connectivity index (χ3v) is 3.20. The van der Waals surface area contributed by atoms with E-state index in [1.165, 1.54) is 3.57 Å². The summed E-state index contributed by atoms with van der Waals surface area (Å²) in [5, 5.41) is 0. The smallest absolute Gasteiger partial charge is 0.185 e. The molecule has 0 amide bonds. The van der Waals surface area contributed by atoms with Gasteiger partial charge in [0.05, 0.1) is 0 Å². The zero-order valence-electron chi connectivity index (χ0n) is 9.48. The van der Waals surface area contributed by atoms with Crippen molar-refractivity contribution in [2.45, 2.75) is 13.3 Å². The summed E-state index contributed by atoms with van der Waals surface area (Å²) in [7, 11) is 0. The highest BCUT2D eigenvalue weighted by molar-refractivity contribution is 14.1. The number of halogens is 1. The second kappa shape index (κ2) is 5.40. The molecule has 2 nitrogen and oxygen atoms in total. The molecule has 1 heterocycles. The van der Waals surface area contributed by atoms with Gasteiger partial charge >= 0.3 is 0 Å². The maximum atomic E-state index is 12.0. The second-order valence-corrected chi connectivity index (χ2v) is 5.19. The van der Waals surface area contributed by atoms with Crippen molar-refractivity contribution in [1.82, 2.24) is 4.98 Å². The summed E-state index contributed by atoms with van der Waals surface area (Å²) in [4.78, 5) is 16.1. The molecule has 86 valence electrons. The molecule has 0 aliphatic rings. The Morgan fingerprint density at radius 2 is 1.94 bits per heavy atom. The molecule has 0 fully saturated rings. The van der Waals surface area contributed by atoms with Gasteiger partial charge in [0.15, 0.2) is 5.78 Å². The van der Waals surface area contributed by atoms with Crippen LogP contribution < -0.4 is 0 Å². The fourth-order valence-corrected chi connectivity index (χ4v) is 1.93. The molecule has 0 spiro atoms. The van der Waals surface area contributed by atoms with Gasteiger partial charge in [0.2, 0.25) is 0 Å². The van der Waals surface area contributed by atoms with E-state index in [0.717, 1.165) is 11.1 Å².